The third-order valence-corrected chi connectivity index (χ3v) is 3.61. The Morgan fingerprint density at radius 3 is 2.92 bits per heavy atom. The molecule has 0 unspecified atom stereocenters. The number of rotatable bonds is 6. The van der Waals surface area contributed by atoms with E-state index in [0.717, 1.165) is 17.0 Å². The van der Waals surface area contributed by atoms with E-state index in [9.17, 15) is 4.79 Å². The molecule has 0 aliphatic carbocycles. The molecule has 0 saturated heterocycles. The second-order valence-electron chi connectivity index (χ2n) is 5.50. The van der Waals surface area contributed by atoms with Gasteiger partial charge in [0.1, 0.15) is 18.1 Å². The fourth-order valence-electron chi connectivity index (χ4n) is 2.27. The van der Waals surface area contributed by atoms with Gasteiger partial charge in [-0.05, 0) is 42.8 Å². The number of carbonyl (C=O) groups is 1. The molecule has 0 saturated carbocycles. The van der Waals surface area contributed by atoms with E-state index in [2.05, 4.69) is 10.4 Å². The minimum atomic E-state index is -0.266. The van der Waals surface area contributed by atoms with Crippen LogP contribution in [0.25, 0.3) is 0 Å². The first kappa shape index (κ1) is 15.9. The van der Waals surface area contributed by atoms with E-state index in [1.165, 1.54) is 0 Å². The van der Waals surface area contributed by atoms with Crippen molar-refractivity contribution in [3.05, 3.63) is 71.4 Å². The lowest BCUT2D eigenvalue weighted by Crippen LogP contribution is -2.23. The summed E-state index contributed by atoms with van der Waals surface area (Å²) in [5.41, 5.74) is 2.04. The minimum absolute atomic E-state index is 0.264. The fraction of sp³-hybridized carbons (Fsp3) is 0.222. The van der Waals surface area contributed by atoms with Crippen LogP contribution in [0.5, 0.6) is 5.75 Å². The van der Waals surface area contributed by atoms with E-state index in [-0.39, 0.29) is 18.3 Å². The molecular weight excluding hydrogens is 306 g/mol. The van der Waals surface area contributed by atoms with Crippen molar-refractivity contribution in [3.8, 4) is 5.75 Å². The molecule has 124 valence electrons. The molecule has 2 heterocycles. The number of amides is 1. The Morgan fingerprint density at radius 1 is 1.29 bits per heavy atom. The zero-order chi connectivity index (χ0) is 16.9. The quantitative estimate of drug-likeness (QED) is 0.756. The summed E-state index contributed by atoms with van der Waals surface area (Å²) in [5.74, 6) is 1.37. The monoisotopic (exact) mass is 325 g/mol. The van der Waals surface area contributed by atoms with Crippen LogP contribution in [0.15, 0.2) is 53.1 Å². The highest BCUT2D eigenvalue weighted by atomic mass is 16.5. The van der Waals surface area contributed by atoms with Crippen LogP contribution in [0.1, 0.15) is 27.6 Å². The Bertz CT molecular complexity index is 835. The topological polar surface area (TPSA) is 69.3 Å². The van der Waals surface area contributed by atoms with Crippen LogP contribution in [-0.4, -0.2) is 15.7 Å². The molecule has 1 aromatic carbocycles. The summed E-state index contributed by atoms with van der Waals surface area (Å²) in [6.45, 7) is 2.67. The van der Waals surface area contributed by atoms with Crippen molar-refractivity contribution in [2.24, 2.45) is 7.05 Å². The van der Waals surface area contributed by atoms with Gasteiger partial charge >= 0.3 is 0 Å². The predicted octanol–water partition coefficient (Wildman–Crippen LogP) is 2.83. The number of nitrogens with zero attached hydrogens (tertiary/aromatic N) is 2. The van der Waals surface area contributed by atoms with Crippen molar-refractivity contribution < 1.29 is 13.9 Å². The lowest BCUT2D eigenvalue weighted by atomic mass is 10.2. The molecule has 0 radical (unpaired) electrons. The number of furan rings is 1. The van der Waals surface area contributed by atoms with Gasteiger partial charge in [-0.2, -0.15) is 5.10 Å². The maximum atomic E-state index is 12.1. The number of nitrogens with one attached hydrogen (secondary N) is 1. The van der Waals surface area contributed by atoms with E-state index >= 15 is 0 Å². The van der Waals surface area contributed by atoms with Crippen molar-refractivity contribution >= 4 is 5.91 Å². The number of ether oxygens (including phenoxy) is 1. The van der Waals surface area contributed by atoms with Gasteiger partial charge in [-0.25, -0.2) is 0 Å². The number of hydrogen-bond donors (Lipinski definition) is 1. The van der Waals surface area contributed by atoms with Gasteiger partial charge in [-0.15, -0.1) is 0 Å². The van der Waals surface area contributed by atoms with E-state index < -0.39 is 0 Å². The van der Waals surface area contributed by atoms with Gasteiger partial charge in [0.2, 0.25) is 0 Å². The average Bonchev–Trinajstić information content (AvgIpc) is 3.20. The zero-order valence-electron chi connectivity index (χ0n) is 13.7. The summed E-state index contributed by atoms with van der Waals surface area (Å²) in [5, 5.41) is 6.86. The standard InChI is InChI=1S/C18H19N3O3/c1-13-4-3-5-15(10-13)23-12-16-6-7-17(24-16)18(22)19-11-14-8-9-20-21(14)2/h3-10H,11-12H2,1-2H3,(H,19,22). The highest BCUT2D eigenvalue weighted by molar-refractivity contribution is 5.91. The zero-order valence-corrected chi connectivity index (χ0v) is 13.7. The molecule has 3 rings (SSSR count). The van der Waals surface area contributed by atoms with E-state index in [4.69, 9.17) is 9.15 Å². The number of aromatic nitrogens is 2. The van der Waals surface area contributed by atoms with Crippen molar-refractivity contribution in [1.29, 1.82) is 0 Å². The molecule has 0 aliphatic heterocycles. The normalized spacial score (nSPS) is 10.6. The number of carbonyl (C=O) groups excluding carboxylic acids is 1. The fourth-order valence-corrected chi connectivity index (χ4v) is 2.27. The van der Waals surface area contributed by atoms with Crippen LogP contribution >= 0.6 is 0 Å². The van der Waals surface area contributed by atoms with Gasteiger partial charge in [0, 0.05) is 13.2 Å². The van der Waals surface area contributed by atoms with Crippen LogP contribution in [-0.2, 0) is 20.2 Å². The summed E-state index contributed by atoms with van der Waals surface area (Å²) >= 11 is 0. The molecule has 0 atom stereocenters. The van der Waals surface area contributed by atoms with E-state index in [1.54, 1.807) is 23.0 Å². The number of benzene rings is 1. The molecule has 0 bridgehead atoms. The molecular formula is C18H19N3O3. The van der Waals surface area contributed by atoms with Gasteiger partial charge in [-0.3, -0.25) is 9.48 Å². The third-order valence-electron chi connectivity index (χ3n) is 3.61. The second-order valence-corrected chi connectivity index (χ2v) is 5.50. The van der Waals surface area contributed by atoms with Crippen molar-refractivity contribution in [1.82, 2.24) is 15.1 Å². The number of hydrogen-bond acceptors (Lipinski definition) is 4. The van der Waals surface area contributed by atoms with Crippen LogP contribution in [0.4, 0.5) is 0 Å². The number of aryl methyl sites for hydroxylation is 2. The van der Waals surface area contributed by atoms with Crippen LogP contribution in [0.2, 0.25) is 0 Å². The molecule has 24 heavy (non-hydrogen) atoms. The van der Waals surface area contributed by atoms with Crippen LogP contribution in [0.3, 0.4) is 0 Å². The predicted molar refractivity (Wildman–Crippen MR) is 88.6 cm³/mol. The highest BCUT2D eigenvalue weighted by Gasteiger charge is 2.12. The maximum Gasteiger partial charge on any atom is 0.287 e. The van der Waals surface area contributed by atoms with Crippen molar-refractivity contribution in [2.75, 3.05) is 0 Å². The third kappa shape index (κ3) is 3.84. The molecule has 0 aliphatic rings. The molecule has 1 N–H and O–H groups in total. The lowest BCUT2D eigenvalue weighted by Gasteiger charge is -2.05. The first-order valence-corrected chi connectivity index (χ1v) is 7.65. The van der Waals surface area contributed by atoms with Gasteiger partial charge < -0.3 is 14.5 Å². The van der Waals surface area contributed by atoms with Gasteiger partial charge in [0.05, 0.1) is 12.2 Å². The SMILES string of the molecule is Cc1cccc(OCc2ccc(C(=O)NCc3ccnn3C)o2)c1. The summed E-state index contributed by atoms with van der Waals surface area (Å²) in [4.78, 5) is 12.1. The summed E-state index contributed by atoms with van der Waals surface area (Å²) in [6, 6.07) is 13.0. The summed E-state index contributed by atoms with van der Waals surface area (Å²) < 4.78 is 12.9. The molecule has 3 aromatic rings. The Balaban J connectivity index is 1.54. The lowest BCUT2D eigenvalue weighted by molar-refractivity contribution is 0.0918. The summed E-state index contributed by atoms with van der Waals surface area (Å²) in [6.07, 6.45) is 1.69. The molecule has 0 spiro atoms. The Labute approximate surface area is 140 Å². The van der Waals surface area contributed by atoms with Crippen LogP contribution < -0.4 is 10.1 Å². The van der Waals surface area contributed by atoms with Gasteiger partial charge in [0.25, 0.3) is 5.91 Å². The van der Waals surface area contributed by atoms with Gasteiger partial charge in [-0.1, -0.05) is 12.1 Å². The molecule has 2 aromatic heterocycles. The maximum absolute atomic E-state index is 12.1. The first-order valence-electron chi connectivity index (χ1n) is 7.65. The molecule has 6 nitrogen and oxygen atoms in total. The van der Waals surface area contributed by atoms with Crippen molar-refractivity contribution in [2.45, 2.75) is 20.1 Å². The average molecular weight is 325 g/mol. The minimum Gasteiger partial charge on any atom is -0.486 e. The Hall–Kier alpha value is -3.02. The molecule has 0 fully saturated rings. The Morgan fingerprint density at radius 2 is 2.17 bits per heavy atom. The van der Waals surface area contributed by atoms with E-state index in [1.807, 2.05) is 44.3 Å². The first-order chi connectivity index (χ1) is 11.6. The van der Waals surface area contributed by atoms with Crippen molar-refractivity contribution in [3.63, 3.8) is 0 Å². The highest BCUT2D eigenvalue weighted by Crippen LogP contribution is 2.16. The Kier molecular flexibility index (Phi) is 4.65. The largest absolute Gasteiger partial charge is 0.486 e. The molecule has 6 heteroatoms. The summed E-state index contributed by atoms with van der Waals surface area (Å²) in [7, 11) is 1.83. The van der Waals surface area contributed by atoms with Crippen LogP contribution in [0, 0.1) is 6.92 Å². The van der Waals surface area contributed by atoms with Gasteiger partial charge in [0.15, 0.2) is 5.76 Å². The van der Waals surface area contributed by atoms with E-state index in [0.29, 0.717) is 12.3 Å². The second kappa shape index (κ2) is 7.04. The molecule has 1 amide bonds. The smallest absolute Gasteiger partial charge is 0.287 e.